The summed E-state index contributed by atoms with van der Waals surface area (Å²) in [6.07, 6.45) is 21.7. The number of carbonyl (C=O) groups excluding carboxylic acids is 1. The Kier molecular flexibility index (Phi) is 21.7. The largest absolute Gasteiger partial charge is 0.463 e. The average Bonchev–Trinajstić information content (AvgIpc) is 2.70. The smallest absolute Gasteiger partial charge is 0.305 e. The van der Waals surface area contributed by atoms with Gasteiger partial charge in [0.1, 0.15) is 6.61 Å². The van der Waals surface area contributed by atoms with Crippen LogP contribution in [0.5, 0.6) is 0 Å². The van der Waals surface area contributed by atoms with Crippen LogP contribution in [0, 0.1) is 0 Å². The maximum atomic E-state index is 11.2. The highest BCUT2D eigenvalue weighted by atomic mass is 16.5. The molecule has 0 fully saturated rings. The first-order chi connectivity index (χ1) is 13.7. The first-order valence-corrected chi connectivity index (χ1v) is 11.4. The van der Waals surface area contributed by atoms with Gasteiger partial charge in [0.05, 0.1) is 19.3 Å². The van der Waals surface area contributed by atoms with Crippen molar-refractivity contribution in [1.29, 1.82) is 0 Å². The van der Waals surface area contributed by atoms with Gasteiger partial charge in [-0.1, -0.05) is 69.9 Å². The normalized spacial score (nSPS) is 12.5. The topological polar surface area (TPSA) is 87.0 Å². The lowest BCUT2D eigenvalue weighted by molar-refractivity contribution is -0.144. The minimum atomic E-state index is -0.527. The SMILES string of the molecule is O=C(CCCCCCC/C=C\CCCCCCCCCC(O)CO)OCCO. The molecule has 0 spiro atoms. The second-order valence-corrected chi connectivity index (χ2v) is 7.61. The molecule has 0 rings (SSSR count). The maximum absolute atomic E-state index is 11.2. The average molecular weight is 401 g/mol. The predicted octanol–water partition coefficient (Wildman–Crippen LogP) is 4.67. The molecule has 0 heterocycles. The number of unbranched alkanes of at least 4 members (excludes halogenated alkanes) is 12. The summed E-state index contributed by atoms with van der Waals surface area (Å²) in [4.78, 5) is 11.2. The van der Waals surface area contributed by atoms with Gasteiger partial charge in [0.25, 0.3) is 0 Å². The Morgan fingerprint density at radius 3 is 1.79 bits per heavy atom. The van der Waals surface area contributed by atoms with Gasteiger partial charge in [-0.2, -0.15) is 0 Å². The summed E-state index contributed by atoms with van der Waals surface area (Å²) >= 11 is 0. The Morgan fingerprint density at radius 2 is 1.25 bits per heavy atom. The minimum Gasteiger partial charge on any atom is -0.463 e. The third kappa shape index (κ3) is 21.4. The van der Waals surface area contributed by atoms with Crippen molar-refractivity contribution in [3.63, 3.8) is 0 Å². The Labute approximate surface area is 172 Å². The van der Waals surface area contributed by atoms with Gasteiger partial charge in [0, 0.05) is 6.42 Å². The van der Waals surface area contributed by atoms with E-state index in [0.717, 1.165) is 38.5 Å². The number of esters is 1. The molecule has 1 unspecified atom stereocenters. The van der Waals surface area contributed by atoms with E-state index in [9.17, 15) is 9.90 Å². The van der Waals surface area contributed by atoms with E-state index in [2.05, 4.69) is 12.2 Å². The van der Waals surface area contributed by atoms with Crippen LogP contribution in [-0.4, -0.2) is 47.2 Å². The number of hydrogen-bond donors (Lipinski definition) is 3. The van der Waals surface area contributed by atoms with Gasteiger partial charge >= 0.3 is 5.97 Å². The van der Waals surface area contributed by atoms with Crippen molar-refractivity contribution >= 4 is 5.97 Å². The van der Waals surface area contributed by atoms with E-state index in [4.69, 9.17) is 14.9 Å². The van der Waals surface area contributed by atoms with Gasteiger partial charge in [-0.25, -0.2) is 0 Å². The standard InChI is InChI=1S/C23H44O5/c24-19-20-28-23(27)18-16-14-12-10-8-6-4-2-1-3-5-7-9-11-13-15-17-22(26)21-25/h2,4,22,24-26H,1,3,5-21H2/b4-2-. The van der Waals surface area contributed by atoms with Gasteiger partial charge in [-0.15, -0.1) is 0 Å². The van der Waals surface area contributed by atoms with Gasteiger partial charge < -0.3 is 20.1 Å². The number of ether oxygens (including phenoxy) is 1. The molecule has 0 aliphatic heterocycles. The minimum absolute atomic E-state index is 0.0988. The fourth-order valence-electron chi connectivity index (χ4n) is 3.15. The number of aliphatic hydroxyl groups excluding tert-OH is 3. The monoisotopic (exact) mass is 400 g/mol. The number of hydrogen-bond acceptors (Lipinski definition) is 5. The molecule has 0 bridgehead atoms. The third-order valence-corrected chi connectivity index (χ3v) is 4.89. The van der Waals surface area contributed by atoms with Crippen LogP contribution < -0.4 is 0 Å². The van der Waals surface area contributed by atoms with Gasteiger partial charge in [-0.3, -0.25) is 4.79 Å². The van der Waals surface area contributed by atoms with Crippen molar-refractivity contribution < 1.29 is 24.9 Å². The summed E-state index contributed by atoms with van der Waals surface area (Å²) in [5, 5.41) is 26.5. The number of carbonyl (C=O) groups is 1. The Hall–Kier alpha value is -0.910. The Balaban J connectivity index is 3.17. The third-order valence-electron chi connectivity index (χ3n) is 4.89. The van der Waals surface area contributed by atoms with E-state index in [1.165, 1.54) is 57.8 Å². The molecular formula is C23H44O5. The zero-order chi connectivity index (χ0) is 20.7. The fraction of sp³-hybridized carbons (Fsp3) is 0.870. The summed E-state index contributed by atoms with van der Waals surface area (Å²) in [5.74, 6) is -0.199. The molecule has 5 nitrogen and oxygen atoms in total. The van der Waals surface area contributed by atoms with Crippen molar-refractivity contribution in [2.45, 2.75) is 109 Å². The molecule has 0 aliphatic rings. The van der Waals surface area contributed by atoms with Crippen molar-refractivity contribution in [3.8, 4) is 0 Å². The van der Waals surface area contributed by atoms with Crippen LogP contribution in [0.2, 0.25) is 0 Å². The zero-order valence-corrected chi connectivity index (χ0v) is 17.8. The van der Waals surface area contributed by atoms with Crippen LogP contribution in [0.15, 0.2) is 12.2 Å². The van der Waals surface area contributed by atoms with E-state index in [1.807, 2.05) is 0 Å². The van der Waals surface area contributed by atoms with Crippen molar-refractivity contribution in [2.75, 3.05) is 19.8 Å². The van der Waals surface area contributed by atoms with Crippen molar-refractivity contribution in [3.05, 3.63) is 12.2 Å². The highest BCUT2D eigenvalue weighted by Gasteiger charge is 2.02. The summed E-state index contributed by atoms with van der Waals surface area (Å²) in [5.41, 5.74) is 0. The summed E-state index contributed by atoms with van der Waals surface area (Å²) < 4.78 is 4.82. The molecular weight excluding hydrogens is 356 g/mol. The molecule has 5 heteroatoms. The zero-order valence-electron chi connectivity index (χ0n) is 17.8. The Morgan fingerprint density at radius 1 is 0.750 bits per heavy atom. The van der Waals surface area contributed by atoms with Crippen LogP contribution in [0.25, 0.3) is 0 Å². The van der Waals surface area contributed by atoms with Crippen LogP contribution in [0.1, 0.15) is 103 Å². The lowest BCUT2D eigenvalue weighted by atomic mass is 10.1. The van der Waals surface area contributed by atoms with Crippen LogP contribution >= 0.6 is 0 Å². The molecule has 1 atom stereocenters. The first-order valence-electron chi connectivity index (χ1n) is 11.4. The van der Waals surface area contributed by atoms with Crippen LogP contribution in [0.3, 0.4) is 0 Å². The number of aliphatic hydroxyl groups is 3. The molecule has 28 heavy (non-hydrogen) atoms. The van der Waals surface area contributed by atoms with Crippen LogP contribution in [0.4, 0.5) is 0 Å². The summed E-state index contributed by atoms with van der Waals surface area (Å²) in [6, 6.07) is 0. The second-order valence-electron chi connectivity index (χ2n) is 7.61. The first kappa shape index (κ1) is 27.1. The Bertz CT molecular complexity index is 357. The fourth-order valence-corrected chi connectivity index (χ4v) is 3.15. The molecule has 0 amide bonds. The molecule has 0 saturated carbocycles. The predicted molar refractivity (Wildman–Crippen MR) is 114 cm³/mol. The lowest BCUT2D eigenvalue weighted by Crippen LogP contribution is -2.10. The van der Waals surface area contributed by atoms with E-state index in [-0.39, 0.29) is 25.8 Å². The van der Waals surface area contributed by atoms with Gasteiger partial charge in [0.2, 0.25) is 0 Å². The molecule has 166 valence electrons. The molecule has 0 aliphatic carbocycles. The highest BCUT2D eigenvalue weighted by molar-refractivity contribution is 5.69. The molecule has 0 aromatic rings. The molecule has 0 aromatic heterocycles. The van der Waals surface area contributed by atoms with E-state index < -0.39 is 6.10 Å². The molecule has 0 radical (unpaired) electrons. The molecule has 0 saturated heterocycles. The maximum Gasteiger partial charge on any atom is 0.305 e. The van der Waals surface area contributed by atoms with Gasteiger partial charge in [0.15, 0.2) is 0 Å². The lowest BCUT2D eigenvalue weighted by Gasteiger charge is -2.06. The van der Waals surface area contributed by atoms with E-state index >= 15 is 0 Å². The van der Waals surface area contributed by atoms with Gasteiger partial charge in [-0.05, 0) is 38.5 Å². The summed E-state index contributed by atoms with van der Waals surface area (Å²) in [7, 11) is 0. The second kappa shape index (κ2) is 22.4. The van der Waals surface area contributed by atoms with Crippen molar-refractivity contribution in [1.82, 2.24) is 0 Å². The van der Waals surface area contributed by atoms with Crippen molar-refractivity contribution in [2.24, 2.45) is 0 Å². The summed E-state index contributed by atoms with van der Waals surface area (Å²) in [6.45, 7) is -0.0975. The molecule has 3 N–H and O–H groups in total. The van der Waals surface area contributed by atoms with Crippen LogP contribution in [-0.2, 0) is 9.53 Å². The van der Waals surface area contributed by atoms with E-state index in [1.54, 1.807) is 0 Å². The highest BCUT2D eigenvalue weighted by Crippen LogP contribution is 2.12. The van der Waals surface area contributed by atoms with E-state index in [0.29, 0.717) is 6.42 Å². The molecule has 0 aromatic carbocycles. The number of rotatable bonds is 21. The number of allylic oxidation sites excluding steroid dienone is 2. The quantitative estimate of drug-likeness (QED) is 0.148.